The van der Waals surface area contributed by atoms with E-state index in [4.69, 9.17) is 0 Å². The minimum Gasteiger partial charge on any atom is -0.308 e. The van der Waals surface area contributed by atoms with Gasteiger partial charge in [0.25, 0.3) is 0 Å². The van der Waals surface area contributed by atoms with Crippen LogP contribution in [-0.2, 0) is 18.9 Å². The molecular weight excluding hydrogens is 284 g/mol. The highest BCUT2D eigenvalue weighted by Gasteiger charge is 2.36. The zero-order valence-electron chi connectivity index (χ0n) is 11.2. The molecule has 0 aliphatic rings. The first-order chi connectivity index (χ1) is 8.79. The van der Waals surface area contributed by atoms with Crippen LogP contribution in [0.25, 0.3) is 0 Å². The van der Waals surface area contributed by atoms with E-state index in [1.165, 1.54) is 0 Å². The Kier molecular flexibility index (Phi) is 4.43. The Balaban J connectivity index is 3.18. The van der Waals surface area contributed by atoms with Gasteiger partial charge in [0, 0.05) is 12.1 Å². The molecule has 0 saturated carbocycles. The summed E-state index contributed by atoms with van der Waals surface area (Å²) in [5.41, 5.74) is -3.05. The maximum Gasteiger partial charge on any atom is 0.416 e. The van der Waals surface area contributed by atoms with Crippen LogP contribution in [0.5, 0.6) is 0 Å². The molecular formula is C13H15F6N. The molecule has 0 fully saturated rings. The first-order valence-corrected chi connectivity index (χ1v) is 5.82. The molecule has 0 aliphatic heterocycles. The first kappa shape index (κ1) is 16.8. The summed E-state index contributed by atoms with van der Waals surface area (Å²) in [7, 11) is 0. The molecule has 1 aromatic rings. The smallest absolute Gasteiger partial charge is 0.308 e. The van der Waals surface area contributed by atoms with Crippen LogP contribution in [0.1, 0.15) is 37.5 Å². The summed E-state index contributed by atoms with van der Waals surface area (Å²) in [6, 6.07) is 1.59. The quantitative estimate of drug-likeness (QED) is 0.786. The fraction of sp³-hybridized carbons (Fsp3) is 0.538. The fourth-order valence-corrected chi connectivity index (χ4v) is 1.49. The Morgan fingerprint density at radius 2 is 1.20 bits per heavy atom. The van der Waals surface area contributed by atoms with E-state index < -0.39 is 29.0 Å². The van der Waals surface area contributed by atoms with Crippen molar-refractivity contribution in [1.82, 2.24) is 5.32 Å². The van der Waals surface area contributed by atoms with Crippen LogP contribution in [0.2, 0.25) is 0 Å². The van der Waals surface area contributed by atoms with Gasteiger partial charge in [-0.05, 0) is 44.5 Å². The molecule has 0 aromatic heterocycles. The Hall–Kier alpha value is -1.24. The third-order valence-electron chi connectivity index (χ3n) is 2.47. The Morgan fingerprint density at radius 3 is 1.50 bits per heavy atom. The SMILES string of the molecule is CC(C)(C)NCc1cc(C(F)(F)F)cc(C(F)(F)F)c1. The lowest BCUT2D eigenvalue weighted by Gasteiger charge is -2.21. The van der Waals surface area contributed by atoms with Crippen LogP contribution in [-0.4, -0.2) is 5.54 Å². The van der Waals surface area contributed by atoms with Crippen LogP contribution in [0, 0.1) is 0 Å². The second-order valence-corrected chi connectivity index (χ2v) is 5.52. The lowest BCUT2D eigenvalue weighted by molar-refractivity contribution is -0.143. The van der Waals surface area contributed by atoms with Gasteiger partial charge in [-0.15, -0.1) is 0 Å². The van der Waals surface area contributed by atoms with E-state index in [1.54, 1.807) is 20.8 Å². The highest BCUT2D eigenvalue weighted by Crippen LogP contribution is 2.36. The second-order valence-electron chi connectivity index (χ2n) is 5.52. The number of hydrogen-bond acceptors (Lipinski definition) is 1. The largest absolute Gasteiger partial charge is 0.416 e. The normalized spacial score (nSPS) is 13.7. The molecule has 0 heterocycles. The van der Waals surface area contributed by atoms with Crippen LogP contribution < -0.4 is 5.32 Å². The standard InChI is InChI=1S/C13H15F6N/c1-11(2,3)20-7-8-4-9(12(14,15)16)6-10(5-8)13(17,18)19/h4-6,20H,7H2,1-3H3. The summed E-state index contributed by atoms with van der Waals surface area (Å²) in [6.45, 7) is 5.23. The maximum absolute atomic E-state index is 12.6. The van der Waals surface area contributed by atoms with E-state index in [9.17, 15) is 26.3 Å². The van der Waals surface area contributed by atoms with Crippen molar-refractivity contribution in [1.29, 1.82) is 0 Å². The van der Waals surface area contributed by atoms with Gasteiger partial charge in [0.1, 0.15) is 0 Å². The van der Waals surface area contributed by atoms with Crippen LogP contribution in [0.4, 0.5) is 26.3 Å². The van der Waals surface area contributed by atoms with Crippen molar-refractivity contribution in [3.63, 3.8) is 0 Å². The van der Waals surface area contributed by atoms with Gasteiger partial charge in [-0.1, -0.05) is 0 Å². The zero-order chi connectivity index (χ0) is 15.8. The summed E-state index contributed by atoms with van der Waals surface area (Å²) >= 11 is 0. The fourth-order valence-electron chi connectivity index (χ4n) is 1.49. The van der Waals surface area contributed by atoms with E-state index in [0.717, 1.165) is 12.1 Å². The number of alkyl halides is 6. The highest BCUT2D eigenvalue weighted by molar-refractivity contribution is 5.33. The van der Waals surface area contributed by atoms with E-state index >= 15 is 0 Å². The molecule has 0 amide bonds. The lowest BCUT2D eigenvalue weighted by atomic mass is 10.0. The Bertz CT molecular complexity index is 435. The molecule has 0 saturated heterocycles. The molecule has 0 aliphatic carbocycles. The average Bonchev–Trinajstić information content (AvgIpc) is 2.22. The van der Waals surface area contributed by atoms with Crippen LogP contribution in [0.15, 0.2) is 18.2 Å². The Labute approximate surface area is 113 Å². The molecule has 0 radical (unpaired) electrons. The molecule has 0 unspecified atom stereocenters. The molecule has 114 valence electrons. The molecule has 0 bridgehead atoms. The summed E-state index contributed by atoms with van der Waals surface area (Å²) in [4.78, 5) is 0. The summed E-state index contributed by atoms with van der Waals surface area (Å²) in [6.07, 6.45) is -9.62. The summed E-state index contributed by atoms with van der Waals surface area (Å²) in [5.74, 6) is 0. The molecule has 1 nitrogen and oxygen atoms in total. The second kappa shape index (κ2) is 5.27. The van der Waals surface area contributed by atoms with Crippen molar-refractivity contribution in [2.24, 2.45) is 0 Å². The predicted octanol–water partition coefficient (Wildman–Crippen LogP) is 4.61. The van der Waals surface area contributed by atoms with Crippen molar-refractivity contribution in [3.8, 4) is 0 Å². The minimum atomic E-state index is -4.81. The third-order valence-corrected chi connectivity index (χ3v) is 2.47. The van der Waals surface area contributed by atoms with Gasteiger partial charge in [0.15, 0.2) is 0 Å². The molecule has 20 heavy (non-hydrogen) atoms. The van der Waals surface area contributed by atoms with Crippen molar-refractivity contribution in [2.75, 3.05) is 0 Å². The number of rotatable bonds is 2. The zero-order valence-corrected chi connectivity index (χ0v) is 11.2. The third kappa shape index (κ3) is 5.03. The van der Waals surface area contributed by atoms with Crippen LogP contribution >= 0.6 is 0 Å². The minimum absolute atomic E-state index is 0.0536. The Morgan fingerprint density at radius 1 is 0.800 bits per heavy atom. The first-order valence-electron chi connectivity index (χ1n) is 5.82. The van der Waals surface area contributed by atoms with Gasteiger partial charge in [-0.3, -0.25) is 0 Å². The van der Waals surface area contributed by atoms with E-state index in [-0.39, 0.29) is 18.2 Å². The van der Waals surface area contributed by atoms with Crippen molar-refractivity contribution < 1.29 is 26.3 Å². The lowest BCUT2D eigenvalue weighted by Crippen LogP contribution is -2.35. The van der Waals surface area contributed by atoms with Gasteiger partial charge in [-0.2, -0.15) is 26.3 Å². The van der Waals surface area contributed by atoms with Gasteiger partial charge in [0.05, 0.1) is 11.1 Å². The van der Waals surface area contributed by atoms with Crippen LogP contribution in [0.3, 0.4) is 0 Å². The van der Waals surface area contributed by atoms with Crippen molar-refractivity contribution in [3.05, 3.63) is 34.9 Å². The average molecular weight is 299 g/mol. The number of nitrogens with one attached hydrogen (secondary N) is 1. The molecule has 0 spiro atoms. The van der Waals surface area contributed by atoms with E-state index in [2.05, 4.69) is 5.32 Å². The monoisotopic (exact) mass is 299 g/mol. The topological polar surface area (TPSA) is 12.0 Å². The number of hydrogen-bond donors (Lipinski definition) is 1. The van der Waals surface area contributed by atoms with E-state index in [1.807, 2.05) is 0 Å². The highest BCUT2D eigenvalue weighted by atomic mass is 19.4. The van der Waals surface area contributed by atoms with Crippen molar-refractivity contribution in [2.45, 2.75) is 45.2 Å². The predicted molar refractivity (Wildman–Crippen MR) is 63.0 cm³/mol. The maximum atomic E-state index is 12.6. The molecule has 1 aromatic carbocycles. The summed E-state index contributed by atoms with van der Waals surface area (Å²) < 4.78 is 75.7. The van der Waals surface area contributed by atoms with Gasteiger partial charge in [0.2, 0.25) is 0 Å². The number of halogens is 6. The van der Waals surface area contributed by atoms with E-state index in [0.29, 0.717) is 0 Å². The molecule has 7 heteroatoms. The van der Waals surface area contributed by atoms with Crippen molar-refractivity contribution >= 4 is 0 Å². The van der Waals surface area contributed by atoms with Gasteiger partial charge >= 0.3 is 12.4 Å². The molecule has 1 N–H and O–H groups in total. The van der Waals surface area contributed by atoms with Gasteiger partial charge < -0.3 is 5.32 Å². The molecule has 1 rings (SSSR count). The number of benzene rings is 1. The summed E-state index contributed by atoms with van der Waals surface area (Å²) in [5, 5.41) is 2.86. The molecule has 0 atom stereocenters. The van der Waals surface area contributed by atoms with Gasteiger partial charge in [-0.25, -0.2) is 0 Å².